The number of rotatable bonds is 6. The van der Waals surface area contributed by atoms with Gasteiger partial charge in [-0.15, -0.1) is 0 Å². The molecule has 0 amide bonds. The third kappa shape index (κ3) is 3.32. The Balaban J connectivity index is 2.24. The van der Waals surface area contributed by atoms with Crippen molar-refractivity contribution in [1.29, 1.82) is 0 Å². The minimum atomic E-state index is -0.841. The first-order chi connectivity index (χ1) is 9.93. The van der Waals surface area contributed by atoms with Crippen molar-refractivity contribution in [2.75, 3.05) is 6.61 Å². The van der Waals surface area contributed by atoms with Gasteiger partial charge in [-0.1, -0.05) is 0 Å². The first kappa shape index (κ1) is 15.7. The maximum Gasteiger partial charge on any atom is 0.348 e. The van der Waals surface area contributed by atoms with Gasteiger partial charge >= 0.3 is 11.7 Å². The fraction of sp³-hybridized carbons (Fsp3) is 0.667. The molecule has 0 aromatic carbocycles. The van der Waals surface area contributed by atoms with E-state index in [2.05, 4.69) is 4.98 Å². The van der Waals surface area contributed by atoms with Crippen molar-refractivity contribution >= 4 is 5.97 Å². The molecule has 116 valence electrons. The van der Waals surface area contributed by atoms with E-state index in [1.165, 1.54) is 0 Å². The van der Waals surface area contributed by atoms with E-state index in [9.17, 15) is 9.59 Å². The molecule has 6 nitrogen and oxygen atoms in total. The van der Waals surface area contributed by atoms with Crippen LogP contribution in [0.3, 0.4) is 0 Å². The van der Waals surface area contributed by atoms with Crippen molar-refractivity contribution in [1.82, 2.24) is 9.55 Å². The van der Waals surface area contributed by atoms with E-state index in [0.29, 0.717) is 18.7 Å². The average molecular weight is 294 g/mol. The summed E-state index contributed by atoms with van der Waals surface area (Å²) in [5.74, 6) is -0.841. The van der Waals surface area contributed by atoms with Crippen LogP contribution >= 0.6 is 0 Å². The number of nitrogens with zero attached hydrogens (tertiary/aromatic N) is 2. The summed E-state index contributed by atoms with van der Waals surface area (Å²) in [6.07, 6.45) is 2.31. The fourth-order valence-corrected chi connectivity index (χ4v) is 2.96. The van der Waals surface area contributed by atoms with Gasteiger partial charge in [0.1, 0.15) is 0 Å². The number of aliphatic carboxylic acids is 1. The molecule has 0 bridgehead atoms. The molecule has 1 aliphatic carbocycles. The van der Waals surface area contributed by atoms with Crippen molar-refractivity contribution in [2.45, 2.75) is 58.6 Å². The Hall–Kier alpha value is -1.69. The number of carboxylic acids is 1. The molecule has 0 unspecified atom stereocenters. The van der Waals surface area contributed by atoms with Gasteiger partial charge in [0.25, 0.3) is 0 Å². The Morgan fingerprint density at radius 3 is 2.67 bits per heavy atom. The highest BCUT2D eigenvalue weighted by Crippen LogP contribution is 2.34. The van der Waals surface area contributed by atoms with Gasteiger partial charge in [0.2, 0.25) is 0 Å². The first-order valence-corrected chi connectivity index (χ1v) is 7.36. The zero-order chi connectivity index (χ0) is 15.6. The lowest BCUT2D eigenvalue weighted by atomic mass is 9.88. The highest BCUT2D eigenvalue weighted by atomic mass is 16.5. The van der Waals surface area contributed by atoms with Crippen LogP contribution in [0.4, 0.5) is 0 Å². The van der Waals surface area contributed by atoms with Crippen molar-refractivity contribution < 1.29 is 14.6 Å². The summed E-state index contributed by atoms with van der Waals surface area (Å²) >= 11 is 0. The molecule has 2 rings (SSSR count). The predicted molar refractivity (Wildman–Crippen MR) is 77.6 cm³/mol. The predicted octanol–water partition coefficient (Wildman–Crippen LogP) is 1.62. The van der Waals surface area contributed by atoms with E-state index in [1.54, 1.807) is 11.5 Å². The highest BCUT2D eigenvalue weighted by molar-refractivity contribution is 5.67. The van der Waals surface area contributed by atoms with Gasteiger partial charge in [0.15, 0.2) is 0 Å². The molecule has 1 aromatic heterocycles. The van der Waals surface area contributed by atoms with Crippen LogP contribution in [0.1, 0.15) is 49.2 Å². The summed E-state index contributed by atoms with van der Waals surface area (Å²) in [5, 5.41) is 8.84. The second-order valence-electron chi connectivity index (χ2n) is 5.51. The topological polar surface area (TPSA) is 81.4 Å². The summed E-state index contributed by atoms with van der Waals surface area (Å²) in [5.41, 5.74) is 2.10. The molecule has 0 atom stereocenters. The summed E-state index contributed by atoms with van der Waals surface area (Å²) in [6, 6.07) is 0.116. The molecular formula is C15H22N2O4. The molecule has 0 spiro atoms. The molecular weight excluding hydrogens is 272 g/mol. The molecule has 1 aromatic rings. The molecule has 0 aliphatic heterocycles. The molecule has 0 radical (unpaired) electrons. The lowest BCUT2D eigenvalue weighted by Gasteiger charge is -2.37. The number of ether oxygens (including phenoxy) is 1. The SMILES string of the molecule is CCOC1CC(n2c(C)c(CCC(=O)O)c(C)nc2=O)C1. The lowest BCUT2D eigenvalue weighted by Crippen LogP contribution is -2.41. The third-order valence-corrected chi connectivity index (χ3v) is 4.13. The Kier molecular flexibility index (Phi) is 4.77. The molecule has 1 fully saturated rings. The fourth-order valence-electron chi connectivity index (χ4n) is 2.96. The van der Waals surface area contributed by atoms with Crippen LogP contribution in [0.15, 0.2) is 4.79 Å². The minimum Gasteiger partial charge on any atom is -0.481 e. The van der Waals surface area contributed by atoms with Crippen molar-refractivity contribution in [3.63, 3.8) is 0 Å². The molecule has 1 heterocycles. The molecule has 6 heteroatoms. The van der Waals surface area contributed by atoms with Crippen molar-refractivity contribution in [3.05, 3.63) is 27.4 Å². The van der Waals surface area contributed by atoms with Crippen LogP contribution in [0.25, 0.3) is 0 Å². The summed E-state index contributed by atoms with van der Waals surface area (Å²) in [4.78, 5) is 27.0. The normalized spacial score (nSPS) is 21.1. The lowest BCUT2D eigenvalue weighted by molar-refractivity contribution is -0.136. The smallest absolute Gasteiger partial charge is 0.348 e. The maximum absolute atomic E-state index is 12.1. The molecule has 1 saturated carbocycles. The maximum atomic E-state index is 12.1. The van der Waals surface area contributed by atoms with Crippen LogP contribution in [0, 0.1) is 13.8 Å². The molecule has 1 N–H and O–H groups in total. The largest absolute Gasteiger partial charge is 0.481 e. The van der Waals surface area contributed by atoms with Gasteiger partial charge in [-0.3, -0.25) is 9.36 Å². The van der Waals surface area contributed by atoms with Gasteiger partial charge in [0.05, 0.1) is 6.10 Å². The molecule has 1 aliphatic rings. The number of carbonyl (C=O) groups is 1. The second-order valence-corrected chi connectivity index (χ2v) is 5.51. The van der Waals surface area contributed by atoms with Crippen LogP contribution < -0.4 is 5.69 Å². The van der Waals surface area contributed by atoms with Crippen molar-refractivity contribution in [3.8, 4) is 0 Å². The quantitative estimate of drug-likeness (QED) is 0.862. The zero-order valence-electron chi connectivity index (χ0n) is 12.8. The van der Waals surface area contributed by atoms with Gasteiger partial charge in [-0.2, -0.15) is 4.98 Å². The Labute approximate surface area is 123 Å². The van der Waals surface area contributed by atoms with E-state index in [1.807, 2.05) is 13.8 Å². The van der Waals surface area contributed by atoms with Crippen molar-refractivity contribution in [2.24, 2.45) is 0 Å². The number of carboxylic acid groups (broad SMARTS) is 1. The minimum absolute atomic E-state index is 0.0494. The summed E-state index contributed by atoms with van der Waals surface area (Å²) in [6.45, 7) is 6.28. The zero-order valence-corrected chi connectivity index (χ0v) is 12.8. The monoisotopic (exact) mass is 294 g/mol. The van der Waals surface area contributed by atoms with Crippen LogP contribution in [-0.4, -0.2) is 33.3 Å². The van der Waals surface area contributed by atoms with E-state index in [0.717, 1.165) is 24.1 Å². The van der Waals surface area contributed by atoms with Crippen LogP contribution in [0.5, 0.6) is 0 Å². The summed E-state index contributed by atoms with van der Waals surface area (Å²) in [7, 11) is 0. The Morgan fingerprint density at radius 1 is 1.43 bits per heavy atom. The van der Waals surface area contributed by atoms with Crippen LogP contribution in [0.2, 0.25) is 0 Å². The average Bonchev–Trinajstić information content (AvgIpc) is 2.34. The Bertz CT molecular complexity index is 588. The second kappa shape index (κ2) is 6.39. The first-order valence-electron chi connectivity index (χ1n) is 7.36. The van der Waals surface area contributed by atoms with Gasteiger partial charge in [-0.05, 0) is 45.6 Å². The van der Waals surface area contributed by atoms with E-state index in [-0.39, 0.29) is 24.3 Å². The highest BCUT2D eigenvalue weighted by Gasteiger charge is 2.33. The number of hydrogen-bond acceptors (Lipinski definition) is 4. The van der Waals surface area contributed by atoms with E-state index < -0.39 is 5.97 Å². The number of aryl methyl sites for hydroxylation is 1. The number of hydrogen-bond donors (Lipinski definition) is 1. The Morgan fingerprint density at radius 2 is 2.10 bits per heavy atom. The van der Waals surface area contributed by atoms with Gasteiger partial charge in [-0.25, -0.2) is 4.79 Å². The number of aromatic nitrogens is 2. The standard InChI is InChI=1S/C15H22N2O4/c1-4-21-12-7-11(8-12)17-10(3)13(5-6-14(18)19)9(2)16-15(17)20/h11-12H,4-8H2,1-3H3,(H,18,19). The van der Waals surface area contributed by atoms with Gasteiger partial charge in [0, 0.05) is 30.5 Å². The van der Waals surface area contributed by atoms with Gasteiger partial charge < -0.3 is 9.84 Å². The third-order valence-electron chi connectivity index (χ3n) is 4.13. The van der Waals surface area contributed by atoms with E-state index in [4.69, 9.17) is 9.84 Å². The van der Waals surface area contributed by atoms with Crippen LogP contribution in [-0.2, 0) is 16.0 Å². The summed E-state index contributed by atoms with van der Waals surface area (Å²) < 4.78 is 7.24. The molecule has 0 saturated heterocycles. The van der Waals surface area contributed by atoms with E-state index >= 15 is 0 Å². The molecule has 21 heavy (non-hydrogen) atoms.